The number of nitrogens with zero attached hydrogens (tertiary/aromatic N) is 2. The second-order valence-electron chi connectivity index (χ2n) is 5.12. The fraction of sp³-hybridized carbons (Fsp3) is 0.158. The Kier molecular flexibility index (Phi) is 5.23. The summed E-state index contributed by atoms with van der Waals surface area (Å²) in [5.41, 5.74) is 0.612. The molecule has 0 saturated carbocycles. The zero-order valence-electron chi connectivity index (χ0n) is 13.4. The van der Waals surface area contributed by atoms with Gasteiger partial charge in [-0.2, -0.15) is 0 Å². The van der Waals surface area contributed by atoms with Gasteiger partial charge >= 0.3 is 0 Å². The van der Waals surface area contributed by atoms with E-state index in [0.29, 0.717) is 24.5 Å². The second-order valence-corrected chi connectivity index (χ2v) is 6.15. The van der Waals surface area contributed by atoms with Crippen molar-refractivity contribution in [2.45, 2.75) is 13.5 Å². The molecule has 1 aromatic carbocycles. The van der Waals surface area contributed by atoms with Crippen LogP contribution in [0.1, 0.15) is 22.2 Å². The van der Waals surface area contributed by atoms with Gasteiger partial charge in [0.2, 0.25) is 0 Å². The highest BCUT2D eigenvalue weighted by atomic mass is 32.1. The SMILES string of the molecule is CCOc1ccc(C(=O)N(Cc2cccs2)c2ccccn2)cc1. The van der Waals surface area contributed by atoms with Crippen molar-refractivity contribution in [3.05, 3.63) is 76.6 Å². The summed E-state index contributed by atoms with van der Waals surface area (Å²) in [6, 6.07) is 16.8. The van der Waals surface area contributed by atoms with E-state index in [1.165, 1.54) is 0 Å². The summed E-state index contributed by atoms with van der Waals surface area (Å²) in [6.07, 6.45) is 1.70. The van der Waals surface area contributed by atoms with E-state index in [9.17, 15) is 4.79 Å². The zero-order chi connectivity index (χ0) is 16.8. The van der Waals surface area contributed by atoms with Gasteiger partial charge in [-0.15, -0.1) is 11.3 Å². The third kappa shape index (κ3) is 3.81. The van der Waals surface area contributed by atoms with Crippen LogP contribution in [0.25, 0.3) is 0 Å². The molecule has 0 unspecified atom stereocenters. The number of hydrogen-bond donors (Lipinski definition) is 0. The number of amides is 1. The monoisotopic (exact) mass is 338 g/mol. The number of benzene rings is 1. The van der Waals surface area contributed by atoms with Crippen LogP contribution in [0.2, 0.25) is 0 Å². The number of ether oxygens (including phenoxy) is 1. The average molecular weight is 338 g/mol. The van der Waals surface area contributed by atoms with E-state index in [2.05, 4.69) is 4.98 Å². The molecule has 122 valence electrons. The number of rotatable bonds is 6. The molecule has 1 amide bonds. The summed E-state index contributed by atoms with van der Waals surface area (Å²) in [5.74, 6) is 1.33. The van der Waals surface area contributed by atoms with Gasteiger partial charge in [-0.1, -0.05) is 12.1 Å². The Morgan fingerprint density at radius 3 is 2.58 bits per heavy atom. The first-order valence-corrected chi connectivity index (χ1v) is 8.64. The number of carbonyl (C=O) groups excluding carboxylic acids is 1. The molecule has 24 heavy (non-hydrogen) atoms. The molecule has 0 aliphatic rings. The highest BCUT2D eigenvalue weighted by Gasteiger charge is 2.19. The summed E-state index contributed by atoms with van der Waals surface area (Å²) < 4.78 is 5.44. The topological polar surface area (TPSA) is 42.4 Å². The number of anilines is 1. The number of carbonyl (C=O) groups is 1. The quantitative estimate of drug-likeness (QED) is 0.669. The molecule has 0 saturated heterocycles. The van der Waals surface area contributed by atoms with Crippen LogP contribution in [0.15, 0.2) is 66.2 Å². The molecule has 0 spiro atoms. The molecule has 0 N–H and O–H groups in total. The van der Waals surface area contributed by atoms with E-state index < -0.39 is 0 Å². The highest BCUT2D eigenvalue weighted by molar-refractivity contribution is 7.09. The molecule has 0 aliphatic heterocycles. The Labute approximate surface area is 145 Å². The van der Waals surface area contributed by atoms with Crippen molar-refractivity contribution in [1.29, 1.82) is 0 Å². The molecule has 2 aromatic heterocycles. The van der Waals surface area contributed by atoms with Gasteiger partial charge in [0.15, 0.2) is 0 Å². The van der Waals surface area contributed by atoms with Crippen molar-refractivity contribution in [1.82, 2.24) is 4.98 Å². The second kappa shape index (κ2) is 7.75. The van der Waals surface area contributed by atoms with E-state index >= 15 is 0 Å². The van der Waals surface area contributed by atoms with Crippen molar-refractivity contribution in [3.63, 3.8) is 0 Å². The van der Waals surface area contributed by atoms with Gasteiger partial charge in [0.1, 0.15) is 11.6 Å². The molecule has 0 radical (unpaired) electrons. The van der Waals surface area contributed by atoms with Gasteiger partial charge in [-0.3, -0.25) is 9.69 Å². The Morgan fingerprint density at radius 1 is 1.12 bits per heavy atom. The van der Waals surface area contributed by atoms with Crippen LogP contribution >= 0.6 is 11.3 Å². The van der Waals surface area contributed by atoms with Crippen molar-refractivity contribution in [2.24, 2.45) is 0 Å². The Morgan fingerprint density at radius 2 is 1.96 bits per heavy atom. The van der Waals surface area contributed by atoms with Crippen LogP contribution < -0.4 is 9.64 Å². The molecule has 3 aromatic rings. The lowest BCUT2D eigenvalue weighted by Crippen LogP contribution is -2.30. The van der Waals surface area contributed by atoms with E-state index in [0.717, 1.165) is 10.6 Å². The molecule has 0 fully saturated rings. The van der Waals surface area contributed by atoms with Gasteiger partial charge in [-0.05, 0) is 54.8 Å². The lowest BCUT2D eigenvalue weighted by Gasteiger charge is -2.21. The lowest BCUT2D eigenvalue weighted by atomic mass is 10.2. The molecule has 0 aliphatic carbocycles. The molecule has 4 nitrogen and oxygen atoms in total. The third-order valence-corrected chi connectivity index (χ3v) is 4.34. The summed E-state index contributed by atoms with van der Waals surface area (Å²) in [5, 5.41) is 2.01. The van der Waals surface area contributed by atoms with Gasteiger partial charge in [0.05, 0.1) is 13.2 Å². The Balaban J connectivity index is 1.88. The van der Waals surface area contributed by atoms with Gasteiger partial charge in [-0.25, -0.2) is 4.98 Å². The molecule has 0 bridgehead atoms. The van der Waals surface area contributed by atoms with Crippen molar-refractivity contribution >= 4 is 23.1 Å². The molecular formula is C19H18N2O2S. The number of aromatic nitrogens is 1. The molecule has 2 heterocycles. The van der Waals surface area contributed by atoms with Crippen LogP contribution in [-0.4, -0.2) is 17.5 Å². The first kappa shape index (κ1) is 16.2. The van der Waals surface area contributed by atoms with Crippen molar-refractivity contribution < 1.29 is 9.53 Å². The van der Waals surface area contributed by atoms with E-state index in [1.807, 2.05) is 54.8 Å². The molecule has 3 rings (SSSR count). The van der Waals surface area contributed by atoms with Gasteiger partial charge in [0.25, 0.3) is 5.91 Å². The van der Waals surface area contributed by atoms with Crippen LogP contribution in [0, 0.1) is 0 Å². The van der Waals surface area contributed by atoms with Gasteiger partial charge in [0, 0.05) is 16.6 Å². The smallest absolute Gasteiger partial charge is 0.259 e. The van der Waals surface area contributed by atoms with Crippen LogP contribution in [-0.2, 0) is 6.54 Å². The van der Waals surface area contributed by atoms with Crippen LogP contribution in [0.3, 0.4) is 0 Å². The largest absolute Gasteiger partial charge is 0.494 e. The van der Waals surface area contributed by atoms with E-state index in [1.54, 1.807) is 34.6 Å². The molecular weight excluding hydrogens is 320 g/mol. The first-order chi connectivity index (χ1) is 11.8. The maximum atomic E-state index is 13.0. The minimum Gasteiger partial charge on any atom is -0.494 e. The predicted molar refractivity (Wildman–Crippen MR) is 96.7 cm³/mol. The number of hydrogen-bond acceptors (Lipinski definition) is 4. The standard InChI is InChI=1S/C19H18N2O2S/c1-2-23-16-10-8-15(9-11-16)19(22)21(14-17-6-5-13-24-17)18-7-3-4-12-20-18/h3-13H,2,14H2,1H3. The normalized spacial score (nSPS) is 10.4. The summed E-state index contributed by atoms with van der Waals surface area (Å²) in [6.45, 7) is 3.04. The predicted octanol–water partition coefficient (Wildman–Crippen LogP) is 4.39. The van der Waals surface area contributed by atoms with E-state index in [-0.39, 0.29) is 5.91 Å². The maximum Gasteiger partial charge on any atom is 0.259 e. The summed E-state index contributed by atoms with van der Waals surface area (Å²) in [4.78, 5) is 20.1. The summed E-state index contributed by atoms with van der Waals surface area (Å²) >= 11 is 1.63. The Bertz CT molecular complexity index is 771. The van der Waals surface area contributed by atoms with Crippen molar-refractivity contribution in [3.8, 4) is 5.75 Å². The van der Waals surface area contributed by atoms with Crippen LogP contribution in [0.4, 0.5) is 5.82 Å². The average Bonchev–Trinajstić information content (AvgIpc) is 3.14. The molecule has 5 heteroatoms. The number of pyridine rings is 1. The fourth-order valence-corrected chi connectivity index (χ4v) is 3.04. The van der Waals surface area contributed by atoms with E-state index in [4.69, 9.17) is 4.74 Å². The maximum absolute atomic E-state index is 13.0. The van der Waals surface area contributed by atoms with Crippen LogP contribution in [0.5, 0.6) is 5.75 Å². The highest BCUT2D eigenvalue weighted by Crippen LogP contribution is 2.21. The Hall–Kier alpha value is -2.66. The van der Waals surface area contributed by atoms with Gasteiger partial charge < -0.3 is 4.74 Å². The lowest BCUT2D eigenvalue weighted by molar-refractivity contribution is 0.0984. The zero-order valence-corrected chi connectivity index (χ0v) is 14.2. The third-order valence-electron chi connectivity index (χ3n) is 3.48. The molecule has 0 atom stereocenters. The minimum absolute atomic E-state index is 0.0786. The number of thiophene rings is 1. The minimum atomic E-state index is -0.0786. The van der Waals surface area contributed by atoms with Crippen molar-refractivity contribution in [2.75, 3.05) is 11.5 Å². The fourth-order valence-electron chi connectivity index (χ4n) is 2.34. The summed E-state index contributed by atoms with van der Waals surface area (Å²) in [7, 11) is 0. The first-order valence-electron chi connectivity index (χ1n) is 7.76.